The van der Waals surface area contributed by atoms with Crippen molar-refractivity contribution in [3.63, 3.8) is 0 Å². The maximum atomic E-state index is 5.59. The van der Waals surface area contributed by atoms with Crippen LogP contribution in [0.5, 0.6) is 0 Å². The van der Waals surface area contributed by atoms with E-state index < -0.39 is 0 Å². The molecule has 2 nitrogen and oxygen atoms in total. The van der Waals surface area contributed by atoms with Gasteiger partial charge in [-0.15, -0.1) is 0 Å². The average Bonchev–Trinajstić information content (AvgIpc) is 1.85. The van der Waals surface area contributed by atoms with Crippen molar-refractivity contribution in [1.29, 1.82) is 0 Å². The summed E-state index contributed by atoms with van der Waals surface area (Å²) in [6.45, 7) is 0. The molecule has 0 aromatic carbocycles. The van der Waals surface area contributed by atoms with Crippen LogP contribution in [0.4, 0.5) is 0 Å². The molecule has 3 aliphatic rings. The van der Waals surface area contributed by atoms with Gasteiger partial charge >= 0.3 is 0 Å². The fourth-order valence-corrected chi connectivity index (χ4v) is 1.38. The third kappa shape index (κ3) is 0.359. The second kappa shape index (κ2) is 1.01. The lowest BCUT2D eigenvalue weighted by Gasteiger charge is -2.24. The Morgan fingerprint density at radius 1 is 1.43 bits per heavy atom. The number of nitrogens with two attached hydrogens (primary N) is 1. The van der Waals surface area contributed by atoms with E-state index in [-0.39, 0.29) is 0 Å². The van der Waals surface area contributed by atoms with Crippen molar-refractivity contribution in [3.05, 3.63) is 0 Å². The molecule has 2 heterocycles. The first kappa shape index (κ1) is 3.87. The predicted molar refractivity (Wildman–Crippen MR) is 25.9 cm³/mol. The Morgan fingerprint density at radius 2 is 2.14 bits per heavy atom. The lowest BCUT2D eigenvalue weighted by Crippen LogP contribution is -2.34. The summed E-state index contributed by atoms with van der Waals surface area (Å²) >= 11 is 0. The summed E-state index contributed by atoms with van der Waals surface area (Å²) in [6.07, 6.45) is 3.30. The SMILES string of the molecule is NC1CC2CC1O2. The predicted octanol–water partition coefficient (Wildman–Crippen LogP) is -0.125. The Hall–Kier alpha value is -0.0800. The number of fused-ring (bicyclic) bond motifs is 1. The Bertz CT molecular complexity index is 88.1. The lowest BCUT2D eigenvalue weighted by atomic mass is 10.2. The average molecular weight is 99.1 g/mol. The normalized spacial score (nSPS) is 57.0. The van der Waals surface area contributed by atoms with Gasteiger partial charge in [-0.2, -0.15) is 0 Å². The summed E-state index contributed by atoms with van der Waals surface area (Å²) in [6, 6.07) is 0.366. The zero-order valence-corrected chi connectivity index (χ0v) is 4.13. The van der Waals surface area contributed by atoms with Gasteiger partial charge < -0.3 is 10.5 Å². The number of hydrogen-bond acceptors (Lipinski definition) is 2. The molecule has 0 aromatic heterocycles. The zero-order valence-electron chi connectivity index (χ0n) is 4.13. The molecule has 40 valence electrons. The first-order chi connectivity index (χ1) is 3.36. The highest BCUT2D eigenvalue weighted by atomic mass is 16.5. The van der Waals surface area contributed by atoms with Crippen molar-refractivity contribution in [2.75, 3.05) is 0 Å². The molecule has 2 heteroatoms. The van der Waals surface area contributed by atoms with Gasteiger partial charge in [-0.1, -0.05) is 0 Å². The molecule has 0 spiro atoms. The third-order valence-electron chi connectivity index (χ3n) is 1.88. The van der Waals surface area contributed by atoms with Crippen LogP contribution in [-0.2, 0) is 4.74 Å². The summed E-state index contributed by atoms with van der Waals surface area (Å²) in [5, 5.41) is 0. The van der Waals surface area contributed by atoms with Crippen LogP contribution in [0.3, 0.4) is 0 Å². The number of ether oxygens (including phenoxy) is 1. The number of rotatable bonds is 0. The highest BCUT2D eigenvalue weighted by Gasteiger charge is 2.43. The van der Waals surface area contributed by atoms with Crippen molar-refractivity contribution in [1.82, 2.24) is 0 Å². The minimum Gasteiger partial charge on any atom is -0.373 e. The van der Waals surface area contributed by atoms with Gasteiger partial charge in [0.05, 0.1) is 12.2 Å². The fraction of sp³-hybridized carbons (Fsp3) is 1.00. The minimum atomic E-state index is 0.366. The lowest BCUT2D eigenvalue weighted by molar-refractivity contribution is -0.0678. The maximum absolute atomic E-state index is 5.59. The third-order valence-corrected chi connectivity index (χ3v) is 1.88. The van der Waals surface area contributed by atoms with Crippen molar-refractivity contribution in [3.8, 4) is 0 Å². The second-order valence-electron chi connectivity index (χ2n) is 2.43. The van der Waals surface area contributed by atoms with Crippen molar-refractivity contribution in [2.24, 2.45) is 5.73 Å². The Morgan fingerprint density at radius 3 is 2.29 bits per heavy atom. The molecule has 2 bridgehead atoms. The maximum Gasteiger partial charge on any atom is 0.0755 e. The molecule has 0 amide bonds. The quantitative estimate of drug-likeness (QED) is 0.459. The molecule has 2 N–H and O–H groups in total. The summed E-state index contributed by atoms with van der Waals surface area (Å²) in [4.78, 5) is 0. The van der Waals surface area contributed by atoms with Crippen LogP contribution >= 0.6 is 0 Å². The van der Waals surface area contributed by atoms with E-state index in [0.717, 1.165) is 6.42 Å². The van der Waals surface area contributed by atoms with Crippen LogP contribution in [0.2, 0.25) is 0 Å². The minimum absolute atomic E-state index is 0.366. The molecule has 3 unspecified atom stereocenters. The van der Waals surface area contributed by atoms with Gasteiger partial charge in [0.25, 0.3) is 0 Å². The largest absolute Gasteiger partial charge is 0.373 e. The molecule has 0 radical (unpaired) electrons. The van der Waals surface area contributed by atoms with E-state index in [9.17, 15) is 0 Å². The molecular formula is C5H9NO. The summed E-state index contributed by atoms with van der Waals surface area (Å²) in [5.41, 5.74) is 5.59. The Kier molecular flexibility index (Phi) is 0.557. The fourth-order valence-electron chi connectivity index (χ4n) is 1.38. The van der Waals surface area contributed by atoms with Gasteiger partial charge in [-0.25, -0.2) is 0 Å². The standard InChI is InChI=1S/C5H9NO/c6-4-1-3-2-5(4)7-3/h3-5H,1-2,6H2. The molecule has 2 aliphatic heterocycles. The van der Waals surface area contributed by atoms with E-state index in [1.807, 2.05) is 0 Å². The monoisotopic (exact) mass is 99.1 g/mol. The zero-order chi connectivity index (χ0) is 4.85. The van der Waals surface area contributed by atoms with E-state index in [2.05, 4.69) is 0 Å². The molecule has 3 rings (SSSR count). The van der Waals surface area contributed by atoms with Crippen LogP contribution in [-0.4, -0.2) is 18.2 Å². The molecule has 1 aliphatic carbocycles. The highest BCUT2D eigenvalue weighted by Crippen LogP contribution is 2.35. The molecule has 7 heavy (non-hydrogen) atoms. The van der Waals surface area contributed by atoms with Crippen LogP contribution < -0.4 is 5.73 Å². The second-order valence-corrected chi connectivity index (χ2v) is 2.43. The van der Waals surface area contributed by atoms with Gasteiger partial charge in [0, 0.05) is 12.5 Å². The first-order valence-corrected chi connectivity index (χ1v) is 2.77. The van der Waals surface area contributed by atoms with Crippen molar-refractivity contribution in [2.45, 2.75) is 31.1 Å². The van der Waals surface area contributed by atoms with E-state index in [0.29, 0.717) is 18.2 Å². The summed E-state index contributed by atoms with van der Waals surface area (Å²) in [5.74, 6) is 0. The molecule has 3 fully saturated rings. The summed E-state index contributed by atoms with van der Waals surface area (Å²) in [7, 11) is 0. The van der Waals surface area contributed by atoms with Gasteiger partial charge in [-0.3, -0.25) is 0 Å². The summed E-state index contributed by atoms with van der Waals surface area (Å²) < 4.78 is 5.24. The van der Waals surface area contributed by atoms with Crippen LogP contribution in [0, 0.1) is 0 Å². The molecule has 0 aromatic rings. The van der Waals surface area contributed by atoms with Gasteiger partial charge in [0.15, 0.2) is 0 Å². The first-order valence-electron chi connectivity index (χ1n) is 2.77. The Labute approximate surface area is 42.6 Å². The van der Waals surface area contributed by atoms with E-state index in [1.165, 1.54) is 6.42 Å². The van der Waals surface area contributed by atoms with Crippen LogP contribution in [0.25, 0.3) is 0 Å². The van der Waals surface area contributed by atoms with E-state index in [4.69, 9.17) is 10.5 Å². The Balaban J connectivity index is 2.13. The van der Waals surface area contributed by atoms with Gasteiger partial charge in [0.1, 0.15) is 0 Å². The smallest absolute Gasteiger partial charge is 0.0755 e. The van der Waals surface area contributed by atoms with Crippen LogP contribution in [0.15, 0.2) is 0 Å². The molecular weight excluding hydrogens is 90.1 g/mol. The van der Waals surface area contributed by atoms with E-state index in [1.54, 1.807) is 0 Å². The van der Waals surface area contributed by atoms with E-state index >= 15 is 0 Å². The highest BCUT2D eigenvalue weighted by molar-refractivity contribution is 4.96. The van der Waals surface area contributed by atoms with Gasteiger partial charge in [-0.05, 0) is 6.42 Å². The topological polar surface area (TPSA) is 35.2 Å². The molecule has 1 saturated carbocycles. The van der Waals surface area contributed by atoms with Gasteiger partial charge in [0.2, 0.25) is 0 Å². The van der Waals surface area contributed by atoms with Crippen molar-refractivity contribution >= 4 is 0 Å². The van der Waals surface area contributed by atoms with Crippen molar-refractivity contribution < 1.29 is 4.74 Å². The molecule has 2 saturated heterocycles. The number of hydrogen-bond donors (Lipinski definition) is 1. The van der Waals surface area contributed by atoms with Crippen LogP contribution in [0.1, 0.15) is 12.8 Å². The molecule has 3 atom stereocenters.